The summed E-state index contributed by atoms with van der Waals surface area (Å²) in [7, 11) is 0. The molecule has 0 aliphatic carbocycles. The maximum atomic E-state index is 4.54. The Labute approximate surface area is 159 Å². The molecule has 0 spiro atoms. The lowest BCUT2D eigenvalue weighted by Crippen LogP contribution is -2.46. The maximum absolute atomic E-state index is 4.54. The maximum Gasteiger partial charge on any atom is 0.191 e. The van der Waals surface area contributed by atoms with Gasteiger partial charge in [0, 0.05) is 52.4 Å². The summed E-state index contributed by atoms with van der Waals surface area (Å²) in [5, 5.41) is 6.75. The number of unbranched alkanes of at least 4 members (excludes halogenated alkanes) is 1. The zero-order valence-corrected chi connectivity index (χ0v) is 16.7. The average molecular weight is 360 g/mol. The van der Waals surface area contributed by atoms with E-state index in [1.165, 1.54) is 51.1 Å². The molecular weight excluding hydrogens is 322 g/mol. The highest BCUT2D eigenvalue weighted by molar-refractivity contribution is 5.79. The number of hydrogen-bond acceptors (Lipinski definition) is 3. The van der Waals surface area contributed by atoms with Crippen LogP contribution >= 0.6 is 0 Å². The molecular formula is C21H37N5. The topological polar surface area (TPSA) is 42.9 Å². The lowest BCUT2D eigenvalue weighted by atomic mass is 10.2. The summed E-state index contributed by atoms with van der Waals surface area (Å²) in [5.74, 6) is 0.962. The molecule has 5 heteroatoms. The Morgan fingerprint density at radius 3 is 2.38 bits per heavy atom. The van der Waals surface area contributed by atoms with Crippen molar-refractivity contribution < 1.29 is 0 Å². The first-order valence-electron chi connectivity index (χ1n) is 10.3. The van der Waals surface area contributed by atoms with Crippen molar-refractivity contribution in [1.29, 1.82) is 0 Å². The van der Waals surface area contributed by atoms with Gasteiger partial charge in [-0.3, -0.25) is 9.89 Å². The van der Waals surface area contributed by atoms with Crippen LogP contribution < -0.4 is 10.6 Å². The van der Waals surface area contributed by atoms with E-state index in [9.17, 15) is 0 Å². The van der Waals surface area contributed by atoms with Gasteiger partial charge in [-0.15, -0.1) is 0 Å². The molecule has 0 radical (unpaired) electrons. The summed E-state index contributed by atoms with van der Waals surface area (Å²) in [6.45, 7) is 14.1. The molecule has 1 heterocycles. The number of benzene rings is 1. The number of hydrogen-bond donors (Lipinski definition) is 2. The number of guanidine groups is 1. The fourth-order valence-corrected chi connectivity index (χ4v) is 3.25. The Bertz CT molecular complexity index is 494. The first kappa shape index (κ1) is 20.7. The highest BCUT2D eigenvalue weighted by Gasteiger charge is 2.16. The predicted molar refractivity (Wildman–Crippen MR) is 112 cm³/mol. The van der Waals surface area contributed by atoms with E-state index in [1.807, 2.05) is 0 Å². The summed E-state index contributed by atoms with van der Waals surface area (Å²) in [5.41, 5.74) is 1.42. The molecule has 1 saturated heterocycles. The standard InChI is InChI=1S/C21H37N5/c1-3-12-23-21(22-4-2)24-13-8-9-14-25-15-17-26(18-16-25)19-20-10-6-5-7-11-20/h5-7,10-11H,3-4,8-9,12-19H2,1-2H3,(H2,22,23,24). The molecule has 1 aliphatic heterocycles. The zero-order chi connectivity index (χ0) is 18.5. The van der Waals surface area contributed by atoms with Crippen molar-refractivity contribution in [3.8, 4) is 0 Å². The van der Waals surface area contributed by atoms with E-state index < -0.39 is 0 Å². The number of piperazine rings is 1. The van der Waals surface area contributed by atoms with Crippen molar-refractivity contribution >= 4 is 5.96 Å². The molecule has 0 atom stereocenters. The van der Waals surface area contributed by atoms with Gasteiger partial charge in [0.1, 0.15) is 0 Å². The number of nitrogens with zero attached hydrogens (tertiary/aromatic N) is 3. The van der Waals surface area contributed by atoms with Crippen molar-refractivity contribution in [3.05, 3.63) is 35.9 Å². The van der Waals surface area contributed by atoms with E-state index >= 15 is 0 Å². The van der Waals surface area contributed by atoms with Gasteiger partial charge in [0.25, 0.3) is 0 Å². The smallest absolute Gasteiger partial charge is 0.191 e. The first-order valence-corrected chi connectivity index (χ1v) is 10.3. The Hall–Kier alpha value is -1.59. The van der Waals surface area contributed by atoms with Gasteiger partial charge in [0.2, 0.25) is 0 Å². The SMILES string of the molecule is CCCN=C(NCC)NCCCCN1CCN(Cc2ccccc2)CC1. The molecule has 0 saturated carbocycles. The molecule has 1 aromatic rings. The third-order valence-electron chi connectivity index (χ3n) is 4.75. The van der Waals surface area contributed by atoms with Gasteiger partial charge in [0.05, 0.1) is 0 Å². The first-order chi connectivity index (χ1) is 12.8. The van der Waals surface area contributed by atoms with Crippen LogP contribution in [0.15, 0.2) is 35.3 Å². The molecule has 0 amide bonds. The second kappa shape index (κ2) is 12.7. The second-order valence-corrected chi connectivity index (χ2v) is 7.00. The molecule has 1 aromatic carbocycles. The molecule has 146 valence electrons. The highest BCUT2D eigenvalue weighted by Crippen LogP contribution is 2.08. The summed E-state index contributed by atoms with van der Waals surface area (Å²) in [6, 6.07) is 10.8. The van der Waals surface area contributed by atoms with Crippen LogP contribution in [0.3, 0.4) is 0 Å². The molecule has 2 N–H and O–H groups in total. The number of aliphatic imine (C=N–C) groups is 1. The predicted octanol–water partition coefficient (Wildman–Crippen LogP) is 2.55. The van der Waals surface area contributed by atoms with Crippen molar-refractivity contribution in [2.24, 2.45) is 4.99 Å². The van der Waals surface area contributed by atoms with Crippen molar-refractivity contribution in [3.63, 3.8) is 0 Å². The molecule has 26 heavy (non-hydrogen) atoms. The van der Waals surface area contributed by atoms with Gasteiger partial charge in [-0.1, -0.05) is 37.3 Å². The third kappa shape index (κ3) is 8.19. The van der Waals surface area contributed by atoms with Crippen LogP contribution in [0, 0.1) is 0 Å². The summed E-state index contributed by atoms with van der Waals surface area (Å²) in [6.07, 6.45) is 3.53. The molecule has 1 aliphatic rings. The Balaban J connectivity index is 1.54. The average Bonchev–Trinajstić information content (AvgIpc) is 2.68. The lowest BCUT2D eigenvalue weighted by molar-refractivity contribution is 0.126. The molecule has 5 nitrogen and oxygen atoms in total. The van der Waals surface area contributed by atoms with Gasteiger partial charge in [-0.05, 0) is 38.3 Å². The van der Waals surface area contributed by atoms with Crippen molar-refractivity contribution in [2.75, 3.05) is 52.4 Å². The minimum atomic E-state index is 0.891. The lowest BCUT2D eigenvalue weighted by Gasteiger charge is -2.34. The summed E-state index contributed by atoms with van der Waals surface area (Å²) >= 11 is 0. The van der Waals surface area contributed by atoms with Crippen LogP contribution in [-0.2, 0) is 6.54 Å². The normalized spacial score (nSPS) is 16.6. The number of nitrogens with one attached hydrogen (secondary N) is 2. The van der Waals surface area contributed by atoms with Crippen LogP contribution in [-0.4, -0.2) is 68.1 Å². The van der Waals surface area contributed by atoms with Gasteiger partial charge in [0.15, 0.2) is 5.96 Å². The van der Waals surface area contributed by atoms with E-state index in [0.29, 0.717) is 0 Å². The van der Waals surface area contributed by atoms with E-state index in [4.69, 9.17) is 0 Å². The highest BCUT2D eigenvalue weighted by atomic mass is 15.3. The quantitative estimate of drug-likeness (QED) is 0.383. The fraction of sp³-hybridized carbons (Fsp3) is 0.667. The summed E-state index contributed by atoms with van der Waals surface area (Å²) in [4.78, 5) is 9.72. The molecule has 0 bridgehead atoms. The summed E-state index contributed by atoms with van der Waals surface area (Å²) < 4.78 is 0. The van der Waals surface area contributed by atoms with Gasteiger partial charge < -0.3 is 15.5 Å². The Kier molecular flexibility index (Phi) is 10.1. The third-order valence-corrected chi connectivity index (χ3v) is 4.75. The molecule has 0 unspecified atom stereocenters. The van der Waals surface area contributed by atoms with Gasteiger partial charge in [-0.25, -0.2) is 0 Å². The van der Waals surface area contributed by atoms with E-state index in [0.717, 1.165) is 38.6 Å². The molecule has 2 rings (SSSR count). The van der Waals surface area contributed by atoms with E-state index in [2.05, 4.69) is 69.6 Å². The monoisotopic (exact) mass is 359 g/mol. The van der Waals surface area contributed by atoms with E-state index in [-0.39, 0.29) is 0 Å². The van der Waals surface area contributed by atoms with Crippen LogP contribution in [0.4, 0.5) is 0 Å². The Morgan fingerprint density at radius 1 is 0.962 bits per heavy atom. The number of rotatable bonds is 10. The van der Waals surface area contributed by atoms with Crippen LogP contribution in [0.2, 0.25) is 0 Å². The van der Waals surface area contributed by atoms with Gasteiger partial charge >= 0.3 is 0 Å². The molecule has 1 fully saturated rings. The van der Waals surface area contributed by atoms with E-state index in [1.54, 1.807) is 0 Å². The zero-order valence-electron chi connectivity index (χ0n) is 16.7. The minimum absolute atomic E-state index is 0.891. The fourth-order valence-electron chi connectivity index (χ4n) is 3.25. The minimum Gasteiger partial charge on any atom is -0.357 e. The van der Waals surface area contributed by atoms with Crippen molar-refractivity contribution in [2.45, 2.75) is 39.7 Å². The van der Waals surface area contributed by atoms with Gasteiger partial charge in [-0.2, -0.15) is 0 Å². The Morgan fingerprint density at radius 2 is 1.69 bits per heavy atom. The van der Waals surface area contributed by atoms with Crippen LogP contribution in [0.5, 0.6) is 0 Å². The second-order valence-electron chi connectivity index (χ2n) is 7.00. The van der Waals surface area contributed by atoms with Crippen LogP contribution in [0.25, 0.3) is 0 Å². The van der Waals surface area contributed by atoms with Crippen molar-refractivity contribution in [1.82, 2.24) is 20.4 Å². The largest absolute Gasteiger partial charge is 0.357 e. The molecule has 0 aromatic heterocycles. The van der Waals surface area contributed by atoms with Crippen LogP contribution in [0.1, 0.15) is 38.7 Å².